The van der Waals surface area contributed by atoms with Crippen molar-refractivity contribution in [3.05, 3.63) is 24.3 Å². The molecule has 0 aliphatic carbocycles. The lowest BCUT2D eigenvalue weighted by molar-refractivity contribution is -0.274. The predicted octanol–water partition coefficient (Wildman–Crippen LogP) is 0.406. The van der Waals surface area contributed by atoms with Gasteiger partial charge in [0.15, 0.2) is 0 Å². The minimum Gasteiger partial charge on any atom is -0.406 e. The molecule has 2 N–H and O–H groups in total. The van der Waals surface area contributed by atoms with Gasteiger partial charge in [-0.25, -0.2) is 13.2 Å². The van der Waals surface area contributed by atoms with E-state index in [9.17, 15) is 36.0 Å². The zero-order chi connectivity index (χ0) is 22.8. The quantitative estimate of drug-likeness (QED) is 0.588. The van der Waals surface area contributed by atoms with Crippen molar-refractivity contribution in [1.82, 2.24) is 19.8 Å². The molecule has 1 aromatic rings. The third-order valence-corrected chi connectivity index (χ3v) is 6.70. The standard InChI is InChI=1S/C17H19F3N4O6S/c18-17(19,20)30-11-1-3-12(4-2-11)31(28,29)24-9-7-23(8-10-24)14(25)6-5-13-15(26)22-16(27)21-13/h1-4,13H,5-10H2,(H2,21,22,26,27)/t13-/m1/s1. The average molecular weight is 464 g/mol. The number of imide groups is 1. The van der Waals surface area contributed by atoms with E-state index in [1.807, 2.05) is 0 Å². The zero-order valence-corrected chi connectivity index (χ0v) is 16.8. The van der Waals surface area contributed by atoms with E-state index >= 15 is 0 Å². The van der Waals surface area contributed by atoms with Gasteiger partial charge in [-0.05, 0) is 30.7 Å². The molecule has 2 saturated heterocycles. The maximum Gasteiger partial charge on any atom is 0.573 e. The summed E-state index contributed by atoms with van der Waals surface area (Å²) in [7, 11) is -3.95. The van der Waals surface area contributed by atoms with E-state index in [4.69, 9.17) is 0 Å². The summed E-state index contributed by atoms with van der Waals surface area (Å²) < 4.78 is 67.0. The van der Waals surface area contributed by atoms with E-state index in [1.54, 1.807) is 0 Å². The van der Waals surface area contributed by atoms with E-state index in [1.165, 1.54) is 4.90 Å². The van der Waals surface area contributed by atoms with Crippen LogP contribution in [-0.2, 0) is 19.6 Å². The summed E-state index contributed by atoms with van der Waals surface area (Å²) >= 11 is 0. The highest BCUT2D eigenvalue weighted by molar-refractivity contribution is 7.89. The Morgan fingerprint density at radius 1 is 1.10 bits per heavy atom. The number of nitrogens with zero attached hydrogens (tertiary/aromatic N) is 2. The lowest BCUT2D eigenvalue weighted by Crippen LogP contribution is -2.50. The molecule has 31 heavy (non-hydrogen) atoms. The van der Waals surface area contributed by atoms with Gasteiger partial charge in [0.1, 0.15) is 11.8 Å². The Morgan fingerprint density at radius 3 is 2.23 bits per heavy atom. The Balaban J connectivity index is 1.52. The minimum atomic E-state index is -4.88. The molecule has 2 heterocycles. The molecule has 0 aromatic heterocycles. The second-order valence-corrected chi connectivity index (χ2v) is 8.80. The van der Waals surface area contributed by atoms with Gasteiger partial charge in [0.05, 0.1) is 4.90 Å². The van der Waals surface area contributed by atoms with Crippen LogP contribution >= 0.6 is 0 Å². The molecule has 14 heteroatoms. The zero-order valence-electron chi connectivity index (χ0n) is 16.0. The maximum absolute atomic E-state index is 12.7. The van der Waals surface area contributed by atoms with Crippen LogP contribution in [0.25, 0.3) is 0 Å². The first-order chi connectivity index (χ1) is 14.5. The van der Waals surface area contributed by atoms with Crippen LogP contribution in [0.2, 0.25) is 0 Å². The second kappa shape index (κ2) is 8.70. The summed E-state index contributed by atoms with van der Waals surface area (Å²) in [4.78, 5) is 36.2. The number of sulfonamides is 1. The van der Waals surface area contributed by atoms with Crippen LogP contribution in [-0.4, -0.2) is 74.1 Å². The highest BCUT2D eigenvalue weighted by Gasteiger charge is 2.34. The molecule has 0 bridgehead atoms. The molecule has 170 valence electrons. The smallest absolute Gasteiger partial charge is 0.406 e. The fourth-order valence-electron chi connectivity index (χ4n) is 3.23. The summed E-state index contributed by atoms with van der Waals surface area (Å²) in [5.41, 5.74) is 0. The number of urea groups is 1. The number of ether oxygens (including phenoxy) is 1. The summed E-state index contributed by atoms with van der Waals surface area (Å²) in [5.74, 6) is -1.31. The van der Waals surface area contributed by atoms with Gasteiger partial charge in [-0.1, -0.05) is 0 Å². The monoisotopic (exact) mass is 464 g/mol. The molecule has 10 nitrogen and oxygen atoms in total. The molecule has 0 radical (unpaired) electrons. The van der Waals surface area contributed by atoms with Crippen LogP contribution in [0.15, 0.2) is 29.2 Å². The number of carbonyl (C=O) groups is 3. The van der Waals surface area contributed by atoms with Crippen molar-refractivity contribution in [3.8, 4) is 5.75 Å². The first-order valence-electron chi connectivity index (χ1n) is 9.21. The third kappa shape index (κ3) is 5.64. The van der Waals surface area contributed by atoms with Gasteiger partial charge in [0.25, 0.3) is 5.91 Å². The van der Waals surface area contributed by atoms with E-state index in [0.29, 0.717) is 0 Å². The van der Waals surface area contributed by atoms with Crippen molar-refractivity contribution < 1.29 is 40.7 Å². The van der Waals surface area contributed by atoms with Crippen molar-refractivity contribution in [1.29, 1.82) is 0 Å². The first kappa shape index (κ1) is 22.8. The van der Waals surface area contributed by atoms with Gasteiger partial charge in [0, 0.05) is 32.6 Å². The second-order valence-electron chi connectivity index (χ2n) is 6.86. The van der Waals surface area contributed by atoms with Crippen LogP contribution in [0.1, 0.15) is 12.8 Å². The Hall–Kier alpha value is -2.87. The summed E-state index contributed by atoms with van der Waals surface area (Å²) in [6.07, 6.45) is -4.75. The maximum atomic E-state index is 12.7. The minimum absolute atomic E-state index is 0.00574. The number of amides is 4. The Morgan fingerprint density at radius 2 is 1.71 bits per heavy atom. The van der Waals surface area contributed by atoms with Gasteiger partial charge in [-0.15, -0.1) is 13.2 Å². The number of benzene rings is 1. The lowest BCUT2D eigenvalue weighted by Gasteiger charge is -2.34. The van der Waals surface area contributed by atoms with Crippen molar-refractivity contribution in [2.45, 2.75) is 30.1 Å². The topological polar surface area (TPSA) is 125 Å². The fraction of sp³-hybridized carbons (Fsp3) is 0.471. The van der Waals surface area contributed by atoms with Gasteiger partial charge in [0.2, 0.25) is 15.9 Å². The molecule has 2 aliphatic heterocycles. The van der Waals surface area contributed by atoms with Crippen molar-refractivity contribution in [2.24, 2.45) is 0 Å². The molecule has 0 unspecified atom stereocenters. The largest absolute Gasteiger partial charge is 0.573 e. The van der Waals surface area contributed by atoms with E-state index in [0.717, 1.165) is 28.6 Å². The van der Waals surface area contributed by atoms with Gasteiger partial charge in [-0.3, -0.25) is 14.9 Å². The number of piperazine rings is 1. The number of alkyl halides is 3. The average Bonchev–Trinajstić information content (AvgIpc) is 3.02. The fourth-order valence-corrected chi connectivity index (χ4v) is 4.65. The molecule has 1 atom stereocenters. The van der Waals surface area contributed by atoms with E-state index < -0.39 is 40.1 Å². The van der Waals surface area contributed by atoms with Gasteiger partial charge in [-0.2, -0.15) is 4.31 Å². The number of halogens is 3. The predicted molar refractivity (Wildman–Crippen MR) is 98.2 cm³/mol. The van der Waals surface area contributed by atoms with Crippen molar-refractivity contribution in [3.63, 3.8) is 0 Å². The van der Waals surface area contributed by atoms with Crippen LogP contribution < -0.4 is 15.4 Å². The normalized spacial score (nSPS) is 20.4. The van der Waals surface area contributed by atoms with Crippen molar-refractivity contribution in [2.75, 3.05) is 26.2 Å². The molecule has 2 aliphatic rings. The molecule has 1 aromatic carbocycles. The van der Waals surface area contributed by atoms with Crippen LogP contribution in [0.5, 0.6) is 5.75 Å². The Labute approximate surface area is 175 Å². The summed E-state index contributed by atoms with van der Waals surface area (Å²) in [6.45, 7) is 0.262. The summed E-state index contributed by atoms with van der Waals surface area (Å²) in [6, 6.07) is 2.49. The Kier molecular flexibility index (Phi) is 6.40. The molecule has 2 fully saturated rings. The van der Waals surface area contributed by atoms with Gasteiger partial charge >= 0.3 is 12.4 Å². The lowest BCUT2D eigenvalue weighted by atomic mass is 10.1. The number of carbonyl (C=O) groups excluding carboxylic acids is 3. The number of hydrogen-bond acceptors (Lipinski definition) is 6. The third-order valence-electron chi connectivity index (χ3n) is 4.79. The number of hydrogen-bond donors (Lipinski definition) is 2. The van der Waals surface area contributed by atoms with Crippen molar-refractivity contribution >= 4 is 27.9 Å². The SMILES string of the molecule is O=C1NC(=O)[C@@H](CCC(=O)N2CCN(S(=O)(=O)c3ccc(OC(F)(F)F)cc3)CC2)N1. The first-order valence-corrected chi connectivity index (χ1v) is 10.6. The highest BCUT2D eigenvalue weighted by Crippen LogP contribution is 2.25. The molecule has 3 rings (SSSR count). The molecule has 0 spiro atoms. The van der Waals surface area contributed by atoms with Crippen LogP contribution in [0.3, 0.4) is 0 Å². The molecular formula is C17H19F3N4O6S. The van der Waals surface area contributed by atoms with E-state index in [2.05, 4.69) is 15.4 Å². The molecule has 0 saturated carbocycles. The number of rotatable bonds is 6. The number of nitrogens with one attached hydrogen (secondary N) is 2. The van der Waals surface area contributed by atoms with Gasteiger partial charge < -0.3 is 15.0 Å². The van der Waals surface area contributed by atoms with Crippen LogP contribution in [0, 0.1) is 0 Å². The highest BCUT2D eigenvalue weighted by atomic mass is 32.2. The van der Waals surface area contributed by atoms with Crippen LogP contribution in [0.4, 0.5) is 18.0 Å². The molecule has 4 amide bonds. The summed E-state index contributed by atoms with van der Waals surface area (Å²) in [5, 5.41) is 4.47. The Bertz CT molecular complexity index is 959. The van der Waals surface area contributed by atoms with E-state index in [-0.39, 0.29) is 49.8 Å². The molecular weight excluding hydrogens is 445 g/mol.